The molecule has 3 heteroatoms. The molecule has 0 aromatic heterocycles. The zero-order chi connectivity index (χ0) is 10.6. The molecule has 0 aliphatic carbocycles. The zero-order valence-corrected chi connectivity index (χ0v) is 9.97. The third-order valence-corrected chi connectivity index (χ3v) is 2.59. The average molecular weight is 256 g/mol. The molecule has 1 aromatic rings. The quantitative estimate of drug-likeness (QED) is 0.827. The SMILES string of the molecule is Cc1ccc([C@@H](C)NC(=O)CBr)cc1. The molecule has 1 rings (SSSR count). The minimum absolute atomic E-state index is 0.0121. The van der Waals surface area contributed by atoms with Crippen LogP contribution in [-0.2, 0) is 4.79 Å². The van der Waals surface area contributed by atoms with Gasteiger partial charge in [-0.15, -0.1) is 0 Å². The number of alkyl halides is 1. The lowest BCUT2D eigenvalue weighted by molar-refractivity contribution is -0.119. The molecular weight excluding hydrogens is 242 g/mol. The van der Waals surface area contributed by atoms with Crippen LogP contribution in [0.25, 0.3) is 0 Å². The molecule has 1 atom stereocenters. The highest BCUT2D eigenvalue weighted by atomic mass is 79.9. The zero-order valence-electron chi connectivity index (χ0n) is 8.38. The summed E-state index contributed by atoms with van der Waals surface area (Å²) in [7, 11) is 0. The van der Waals surface area contributed by atoms with Gasteiger partial charge in [-0.1, -0.05) is 45.8 Å². The van der Waals surface area contributed by atoms with Crippen LogP contribution in [0.1, 0.15) is 24.1 Å². The van der Waals surface area contributed by atoms with E-state index in [9.17, 15) is 4.79 Å². The van der Waals surface area contributed by atoms with E-state index in [2.05, 4.69) is 21.2 Å². The highest BCUT2D eigenvalue weighted by Crippen LogP contribution is 2.12. The van der Waals surface area contributed by atoms with Crippen LogP contribution in [0.3, 0.4) is 0 Å². The molecule has 76 valence electrons. The van der Waals surface area contributed by atoms with Gasteiger partial charge in [0.1, 0.15) is 0 Å². The van der Waals surface area contributed by atoms with Crippen molar-refractivity contribution in [1.82, 2.24) is 5.32 Å². The maximum Gasteiger partial charge on any atom is 0.231 e. The Bertz CT molecular complexity index is 308. The highest BCUT2D eigenvalue weighted by Gasteiger charge is 2.07. The van der Waals surface area contributed by atoms with Crippen LogP contribution in [0, 0.1) is 6.92 Å². The van der Waals surface area contributed by atoms with Crippen molar-refractivity contribution in [1.29, 1.82) is 0 Å². The van der Waals surface area contributed by atoms with E-state index >= 15 is 0 Å². The number of hydrogen-bond donors (Lipinski definition) is 1. The van der Waals surface area contributed by atoms with Gasteiger partial charge in [-0.3, -0.25) is 4.79 Å². The molecule has 0 radical (unpaired) electrons. The molecule has 1 aromatic carbocycles. The van der Waals surface area contributed by atoms with Gasteiger partial charge in [0, 0.05) is 0 Å². The lowest BCUT2D eigenvalue weighted by Crippen LogP contribution is -2.27. The van der Waals surface area contributed by atoms with Crippen molar-refractivity contribution in [3.63, 3.8) is 0 Å². The summed E-state index contributed by atoms with van der Waals surface area (Å²) >= 11 is 3.12. The second kappa shape index (κ2) is 5.15. The Labute approximate surface area is 92.8 Å². The molecule has 2 nitrogen and oxygen atoms in total. The first-order valence-electron chi connectivity index (χ1n) is 4.55. The minimum Gasteiger partial charge on any atom is -0.349 e. The molecule has 0 saturated carbocycles. The molecule has 0 fully saturated rings. The van der Waals surface area contributed by atoms with E-state index in [0.29, 0.717) is 5.33 Å². The second-order valence-corrected chi connectivity index (χ2v) is 3.89. The summed E-state index contributed by atoms with van der Waals surface area (Å²) in [6.07, 6.45) is 0. The first kappa shape index (κ1) is 11.2. The van der Waals surface area contributed by atoms with Crippen LogP contribution in [0.2, 0.25) is 0 Å². The van der Waals surface area contributed by atoms with Gasteiger partial charge in [-0.2, -0.15) is 0 Å². The molecule has 0 aliphatic rings. The molecule has 0 saturated heterocycles. The van der Waals surface area contributed by atoms with Gasteiger partial charge in [0.2, 0.25) is 5.91 Å². The predicted molar refractivity (Wildman–Crippen MR) is 61.5 cm³/mol. The van der Waals surface area contributed by atoms with E-state index in [-0.39, 0.29) is 11.9 Å². The number of aryl methyl sites for hydroxylation is 1. The van der Waals surface area contributed by atoms with Gasteiger partial charge in [-0.05, 0) is 19.4 Å². The molecule has 14 heavy (non-hydrogen) atoms. The maximum absolute atomic E-state index is 11.1. The van der Waals surface area contributed by atoms with Gasteiger partial charge < -0.3 is 5.32 Å². The number of rotatable bonds is 3. The van der Waals surface area contributed by atoms with E-state index in [0.717, 1.165) is 5.56 Å². The van der Waals surface area contributed by atoms with E-state index in [4.69, 9.17) is 0 Å². The van der Waals surface area contributed by atoms with Crippen molar-refractivity contribution in [3.05, 3.63) is 35.4 Å². The summed E-state index contributed by atoms with van der Waals surface area (Å²) in [4.78, 5) is 11.1. The first-order chi connectivity index (χ1) is 6.63. The summed E-state index contributed by atoms with van der Waals surface area (Å²) in [6.45, 7) is 4.02. The van der Waals surface area contributed by atoms with Crippen LogP contribution < -0.4 is 5.32 Å². The number of nitrogens with one attached hydrogen (secondary N) is 1. The van der Waals surface area contributed by atoms with Crippen molar-refractivity contribution in [2.45, 2.75) is 19.9 Å². The van der Waals surface area contributed by atoms with Gasteiger partial charge >= 0.3 is 0 Å². The topological polar surface area (TPSA) is 29.1 Å². The standard InChI is InChI=1S/C11H14BrNO/c1-8-3-5-10(6-4-8)9(2)13-11(14)7-12/h3-6,9H,7H2,1-2H3,(H,13,14)/t9-/m1/s1. The van der Waals surface area contributed by atoms with Crippen molar-refractivity contribution in [3.8, 4) is 0 Å². The second-order valence-electron chi connectivity index (χ2n) is 3.33. The predicted octanol–water partition coefficient (Wildman–Crippen LogP) is 2.57. The van der Waals surface area contributed by atoms with E-state index in [1.165, 1.54) is 5.56 Å². The fourth-order valence-electron chi connectivity index (χ4n) is 1.22. The Balaban J connectivity index is 2.65. The van der Waals surface area contributed by atoms with Crippen molar-refractivity contribution in [2.24, 2.45) is 0 Å². The fourth-order valence-corrected chi connectivity index (χ4v) is 1.38. The number of benzene rings is 1. The molecule has 1 amide bonds. The molecule has 0 aliphatic heterocycles. The number of carbonyl (C=O) groups is 1. The third kappa shape index (κ3) is 3.14. The van der Waals surface area contributed by atoms with Gasteiger partial charge in [0.15, 0.2) is 0 Å². The summed E-state index contributed by atoms with van der Waals surface area (Å²) in [5.74, 6) is 0.0121. The van der Waals surface area contributed by atoms with Crippen molar-refractivity contribution < 1.29 is 4.79 Å². The molecule has 0 bridgehead atoms. The smallest absolute Gasteiger partial charge is 0.231 e. The van der Waals surface area contributed by atoms with Crippen LogP contribution in [0.5, 0.6) is 0 Å². The van der Waals surface area contributed by atoms with Gasteiger partial charge in [0.25, 0.3) is 0 Å². The minimum atomic E-state index is 0.0121. The highest BCUT2D eigenvalue weighted by molar-refractivity contribution is 9.09. The number of carbonyl (C=O) groups excluding carboxylic acids is 1. The van der Waals surface area contributed by atoms with Crippen molar-refractivity contribution in [2.75, 3.05) is 5.33 Å². The molecular formula is C11H14BrNO. The number of amides is 1. The van der Waals surface area contributed by atoms with Crippen LogP contribution in [0.15, 0.2) is 24.3 Å². The molecule has 0 unspecified atom stereocenters. The normalized spacial score (nSPS) is 12.2. The molecule has 0 spiro atoms. The first-order valence-corrected chi connectivity index (χ1v) is 5.67. The van der Waals surface area contributed by atoms with Crippen molar-refractivity contribution >= 4 is 21.8 Å². The van der Waals surface area contributed by atoms with Gasteiger partial charge in [-0.25, -0.2) is 0 Å². The molecule has 0 heterocycles. The summed E-state index contributed by atoms with van der Waals surface area (Å²) in [5.41, 5.74) is 2.36. The fraction of sp³-hybridized carbons (Fsp3) is 0.364. The Morgan fingerprint density at radius 1 is 1.43 bits per heavy atom. The van der Waals surface area contributed by atoms with E-state index in [1.807, 2.05) is 38.1 Å². The Morgan fingerprint density at radius 3 is 2.50 bits per heavy atom. The Kier molecular flexibility index (Phi) is 4.14. The summed E-state index contributed by atoms with van der Waals surface area (Å²) in [5, 5.41) is 3.23. The monoisotopic (exact) mass is 255 g/mol. The maximum atomic E-state index is 11.1. The van der Waals surface area contributed by atoms with Gasteiger partial charge in [0.05, 0.1) is 11.4 Å². The van der Waals surface area contributed by atoms with Crippen LogP contribution in [-0.4, -0.2) is 11.2 Å². The number of hydrogen-bond acceptors (Lipinski definition) is 1. The third-order valence-electron chi connectivity index (χ3n) is 2.08. The Morgan fingerprint density at radius 2 is 2.00 bits per heavy atom. The molecule has 1 N–H and O–H groups in total. The van der Waals surface area contributed by atoms with E-state index in [1.54, 1.807) is 0 Å². The largest absolute Gasteiger partial charge is 0.349 e. The summed E-state index contributed by atoms with van der Waals surface area (Å²) in [6, 6.07) is 8.24. The Hall–Kier alpha value is -0.830. The van der Waals surface area contributed by atoms with Crippen LogP contribution >= 0.6 is 15.9 Å². The van der Waals surface area contributed by atoms with Crippen LogP contribution in [0.4, 0.5) is 0 Å². The number of halogens is 1. The lowest BCUT2D eigenvalue weighted by Gasteiger charge is -2.13. The summed E-state index contributed by atoms with van der Waals surface area (Å²) < 4.78 is 0. The van der Waals surface area contributed by atoms with E-state index < -0.39 is 0 Å². The lowest BCUT2D eigenvalue weighted by atomic mass is 10.1. The average Bonchev–Trinajstić information content (AvgIpc) is 2.18.